The van der Waals surface area contributed by atoms with Crippen LogP contribution in [0.15, 0.2) is 29.2 Å². The number of halogens is 1. The third kappa shape index (κ3) is 3.52. The van der Waals surface area contributed by atoms with E-state index in [2.05, 4.69) is 20.8 Å². The van der Waals surface area contributed by atoms with Crippen molar-refractivity contribution in [2.45, 2.75) is 10.2 Å². The van der Waals surface area contributed by atoms with Gasteiger partial charge in [0.2, 0.25) is 0 Å². The van der Waals surface area contributed by atoms with Crippen molar-refractivity contribution >= 4 is 26.0 Å². The molecule has 1 aliphatic heterocycles. The Labute approximate surface area is 115 Å². The molecule has 100 valence electrons. The van der Waals surface area contributed by atoms with Crippen LogP contribution in [-0.2, 0) is 20.1 Å². The number of hydrogen-bond donors (Lipinski definition) is 1. The van der Waals surface area contributed by atoms with Crippen LogP contribution in [0.3, 0.4) is 0 Å². The summed E-state index contributed by atoms with van der Waals surface area (Å²) in [7, 11) is -3.48. The average molecular weight is 335 g/mol. The summed E-state index contributed by atoms with van der Waals surface area (Å²) >= 11 is 3.32. The summed E-state index contributed by atoms with van der Waals surface area (Å²) in [6.07, 6.45) is 0. The van der Waals surface area contributed by atoms with E-state index in [1.807, 2.05) is 0 Å². The summed E-state index contributed by atoms with van der Waals surface area (Å²) in [4.78, 5) is 2.84. The van der Waals surface area contributed by atoms with E-state index in [1.54, 1.807) is 29.3 Å². The van der Waals surface area contributed by atoms with E-state index in [0.29, 0.717) is 31.6 Å². The summed E-state index contributed by atoms with van der Waals surface area (Å²) in [6, 6.07) is 6.81. The molecule has 0 aliphatic carbocycles. The molecule has 1 heterocycles. The van der Waals surface area contributed by atoms with Crippen molar-refractivity contribution < 1.29 is 13.2 Å². The molecule has 2 rings (SSSR count). The Kier molecular flexibility index (Phi) is 4.74. The smallest absolute Gasteiger partial charge is 0.253 e. The molecule has 7 heteroatoms. The first-order valence-electron chi connectivity index (χ1n) is 5.62. The number of hydrogen-bond acceptors (Lipinski definition) is 4. The lowest BCUT2D eigenvalue weighted by molar-refractivity contribution is 0.0272. The van der Waals surface area contributed by atoms with Crippen LogP contribution >= 0.6 is 15.9 Å². The molecule has 0 bridgehead atoms. The first kappa shape index (κ1) is 14.0. The van der Waals surface area contributed by atoms with Gasteiger partial charge in [0.15, 0.2) is 0 Å². The monoisotopic (exact) mass is 334 g/mol. The number of sulfonamides is 1. The van der Waals surface area contributed by atoms with E-state index in [-0.39, 0.29) is 4.90 Å². The second kappa shape index (κ2) is 6.12. The van der Waals surface area contributed by atoms with Gasteiger partial charge in [-0.2, -0.15) is 0 Å². The summed E-state index contributed by atoms with van der Waals surface area (Å²) in [6.45, 7) is 2.23. The number of morpholine rings is 1. The van der Waals surface area contributed by atoms with Crippen LogP contribution in [0.1, 0.15) is 5.56 Å². The molecule has 0 unspecified atom stereocenters. The molecule has 1 N–H and O–H groups in total. The molecule has 18 heavy (non-hydrogen) atoms. The Morgan fingerprint density at radius 2 is 1.83 bits per heavy atom. The lowest BCUT2D eigenvalue weighted by atomic mass is 10.2. The molecule has 0 saturated carbocycles. The van der Waals surface area contributed by atoms with Gasteiger partial charge in [0.05, 0.1) is 18.1 Å². The first-order valence-corrected chi connectivity index (χ1v) is 8.22. The van der Waals surface area contributed by atoms with Crippen molar-refractivity contribution in [1.82, 2.24) is 9.84 Å². The third-order valence-corrected chi connectivity index (χ3v) is 4.69. The first-order chi connectivity index (χ1) is 8.62. The van der Waals surface area contributed by atoms with E-state index >= 15 is 0 Å². The average Bonchev–Trinajstić information content (AvgIpc) is 2.39. The maximum Gasteiger partial charge on any atom is 0.253 e. The molecular weight excluding hydrogens is 320 g/mol. The molecule has 0 radical (unpaired) electrons. The number of nitrogens with zero attached hydrogens (tertiary/aromatic N) is 1. The molecule has 0 aromatic heterocycles. The van der Waals surface area contributed by atoms with Gasteiger partial charge in [-0.3, -0.25) is 0 Å². The van der Waals surface area contributed by atoms with Crippen LogP contribution in [0, 0.1) is 0 Å². The van der Waals surface area contributed by atoms with Gasteiger partial charge in [-0.05, 0) is 17.7 Å². The molecule has 5 nitrogen and oxygen atoms in total. The normalized spacial score (nSPS) is 17.8. The number of benzene rings is 1. The largest absolute Gasteiger partial charge is 0.379 e. The molecule has 1 fully saturated rings. The maximum absolute atomic E-state index is 12.1. The van der Waals surface area contributed by atoms with Crippen LogP contribution in [0.5, 0.6) is 0 Å². The molecular formula is C11H15BrN2O3S. The van der Waals surface area contributed by atoms with E-state index < -0.39 is 10.0 Å². The Hall–Kier alpha value is -0.470. The number of nitrogens with one attached hydrogen (secondary N) is 1. The molecule has 1 aromatic carbocycles. The maximum atomic E-state index is 12.1. The molecule has 0 amide bonds. The standard InChI is InChI=1S/C11H15BrN2O3S/c12-9-10-1-3-11(4-2-10)18(15,16)13-14-5-7-17-8-6-14/h1-4,13H,5-9H2. The van der Waals surface area contributed by atoms with E-state index in [4.69, 9.17) is 4.74 Å². The summed E-state index contributed by atoms with van der Waals surface area (Å²) in [5, 5.41) is 2.38. The van der Waals surface area contributed by atoms with Crippen LogP contribution in [0.2, 0.25) is 0 Å². The van der Waals surface area contributed by atoms with Crippen molar-refractivity contribution in [3.8, 4) is 0 Å². The Morgan fingerprint density at radius 3 is 2.39 bits per heavy atom. The fourth-order valence-electron chi connectivity index (χ4n) is 1.63. The van der Waals surface area contributed by atoms with Gasteiger partial charge in [0.1, 0.15) is 0 Å². The number of alkyl halides is 1. The zero-order chi connectivity index (χ0) is 13.0. The van der Waals surface area contributed by atoms with Gasteiger partial charge in [-0.1, -0.05) is 28.1 Å². The Bertz CT molecular complexity index is 484. The van der Waals surface area contributed by atoms with E-state index in [0.717, 1.165) is 5.56 Å². The highest BCUT2D eigenvalue weighted by Gasteiger charge is 2.19. The lowest BCUT2D eigenvalue weighted by Gasteiger charge is -2.26. The van der Waals surface area contributed by atoms with Gasteiger partial charge in [0.25, 0.3) is 10.0 Å². The molecule has 1 saturated heterocycles. The predicted molar refractivity (Wildman–Crippen MR) is 71.8 cm³/mol. The van der Waals surface area contributed by atoms with Gasteiger partial charge >= 0.3 is 0 Å². The van der Waals surface area contributed by atoms with Crippen LogP contribution in [0.25, 0.3) is 0 Å². The van der Waals surface area contributed by atoms with Gasteiger partial charge < -0.3 is 4.74 Å². The van der Waals surface area contributed by atoms with Crippen LogP contribution in [-0.4, -0.2) is 39.7 Å². The minimum absolute atomic E-state index is 0.277. The van der Waals surface area contributed by atoms with Crippen LogP contribution in [0.4, 0.5) is 0 Å². The minimum atomic E-state index is -3.48. The SMILES string of the molecule is O=S(=O)(NN1CCOCC1)c1ccc(CBr)cc1. The Balaban J connectivity index is 2.08. The van der Waals surface area contributed by atoms with Crippen molar-refractivity contribution in [1.29, 1.82) is 0 Å². The highest BCUT2D eigenvalue weighted by molar-refractivity contribution is 9.08. The fraction of sp³-hybridized carbons (Fsp3) is 0.455. The highest BCUT2D eigenvalue weighted by Crippen LogP contribution is 2.13. The minimum Gasteiger partial charge on any atom is -0.379 e. The number of hydrazine groups is 1. The third-order valence-electron chi connectivity index (χ3n) is 2.65. The van der Waals surface area contributed by atoms with Crippen molar-refractivity contribution in [2.75, 3.05) is 26.3 Å². The summed E-state index contributed by atoms with van der Waals surface area (Å²) < 4.78 is 29.4. The number of rotatable bonds is 4. The summed E-state index contributed by atoms with van der Waals surface area (Å²) in [5.41, 5.74) is 1.04. The van der Waals surface area contributed by atoms with Crippen molar-refractivity contribution in [3.63, 3.8) is 0 Å². The highest BCUT2D eigenvalue weighted by atomic mass is 79.9. The second-order valence-electron chi connectivity index (χ2n) is 3.97. The predicted octanol–water partition coefficient (Wildman–Crippen LogP) is 1.11. The molecule has 0 spiro atoms. The van der Waals surface area contributed by atoms with Gasteiger partial charge in [-0.25, -0.2) is 13.4 Å². The summed E-state index contributed by atoms with van der Waals surface area (Å²) in [5.74, 6) is 0. The van der Waals surface area contributed by atoms with E-state index in [9.17, 15) is 8.42 Å². The quantitative estimate of drug-likeness (QED) is 0.838. The zero-order valence-corrected chi connectivity index (χ0v) is 12.2. The van der Waals surface area contributed by atoms with Gasteiger partial charge in [0, 0.05) is 18.4 Å². The Morgan fingerprint density at radius 1 is 1.22 bits per heavy atom. The molecule has 1 aliphatic rings. The zero-order valence-electron chi connectivity index (χ0n) is 9.80. The lowest BCUT2D eigenvalue weighted by Crippen LogP contribution is -2.48. The topological polar surface area (TPSA) is 58.6 Å². The molecule has 1 aromatic rings. The van der Waals surface area contributed by atoms with Crippen molar-refractivity contribution in [2.24, 2.45) is 0 Å². The van der Waals surface area contributed by atoms with Crippen molar-refractivity contribution in [3.05, 3.63) is 29.8 Å². The van der Waals surface area contributed by atoms with Crippen LogP contribution < -0.4 is 4.83 Å². The fourth-order valence-corrected chi connectivity index (χ4v) is 3.13. The van der Waals surface area contributed by atoms with E-state index in [1.165, 1.54) is 0 Å². The van der Waals surface area contributed by atoms with Gasteiger partial charge in [-0.15, -0.1) is 4.83 Å². The molecule has 0 atom stereocenters. The second-order valence-corrected chi connectivity index (χ2v) is 6.19. The number of ether oxygens (including phenoxy) is 1.